The molecular formula is C24H31BrN2O2. The molecule has 2 aromatic carbocycles. The zero-order valence-corrected chi connectivity index (χ0v) is 19.1. The Balaban J connectivity index is 0.000000426. The highest BCUT2D eigenvalue weighted by molar-refractivity contribution is 9.10. The van der Waals surface area contributed by atoms with Crippen molar-refractivity contribution in [2.75, 3.05) is 6.54 Å². The van der Waals surface area contributed by atoms with Gasteiger partial charge in [0.15, 0.2) is 0 Å². The van der Waals surface area contributed by atoms with Gasteiger partial charge in [-0.15, -0.1) is 0 Å². The SMILES string of the molecule is CC(c1ccc(Br)cc1)N1CCC(CC(C)(C)C(N)=O)CC1=O.c1ccccc1. The number of hydrogen-bond donors (Lipinski definition) is 1. The van der Waals surface area contributed by atoms with Crippen LogP contribution in [0.3, 0.4) is 0 Å². The molecule has 1 aliphatic rings. The fraction of sp³-hybridized carbons (Fsp3) is 0.417. The molecule has 3 rings (SSSR count). The van der Waals surface area contributed by atoms with Crippen LogP contribution in [0.4, 0.5) is 0 Å². The van der Waals surface area contributed by atoms with Gasteiger partial charge in [0.05, 0.1) is 6.04 Å². The number of rotatable bonds is 5. The minimum atomic E-state index is -0.551. The first-order chi connectivity index (χ1) is 13.7. The molecule has 0 aliphatic carbocycles. The monoisotopic (exact) mass is 458 g/mol. The van der Waals surface area contributed by atoms with Crippen molar-refractivity contribution in [3.63, 3.8) is 0 Å². The van der Waals surface area contributed by atoms with E-state index in [2.05, 4.69) is 22.9 Å². The van der Waals surface area contributed by atoms with E-state index in [1.807, 2.05) is 79.4 Å². The van der Waals surface area contributed by atoms with Gasteiger partial charge >= 0.3 is 0 Å². The van der Waals surface area contributed by atoms with Crippen molar-refractivity contribution < 1.29 is 9.59 Å². The minimum Gasteiger partial charge on any atom is -0.369 e. The normalized spacial score (nSPS) is 17.9. The predicted molar refractivity (Wildman–Crippen MR) is 121 cm³/mol. The van der Waals surface area contributed by atoms with Crippen LogP contribution in [0.15, 0.2) is 65.1 Å². The van der Waals surface area contributed by atoms with Crippen LogP contribution >= 0.6 is 15.9 Å². The number of benzene rings is 2. The Morgan fingerprint density at radius 3 is 2.10 bits per heavy atom. The molecule has 1 heterocycles. The van der Waals surface area contributed by atoms with Gasteiger partial charge in [0.25, 0.3) is 0 Å². The van der Waals surface area contributed by atoms with E-state index in [-0.39, 0.29) is 23.8 Å². The molecule has 2 atom stereocenters. The second-order valence-electron chi connectivity index (χ2n) is 8.28. The van der Waals surface area contributed by atoms with Crippen molar-refractivity contribution in [1.29, 1.82) is 0 Å². The lowest BCUT2D eigenvalue weighted by Gasteiger charge is -2.38. The van der Waals surface area contributed by atoms with Gasteiger partial charge in [-0.05, 0) is 43.4 Å². The Hall–Kier alpha value is -2.14. The van der Waals surface area contributed by atoms with Crippen LogP contribution in [0, 0.1) is 11.3 Å². The molecule has 2 amide bonds. The number of likely N-dealkylation sites (tertiary alicyclic amines) is 1. The van der Waals surface area contributed by atoms with Gasteiger partial charge in [-0.3, -0.25) is 9.59 Å². The summed E-state index contributed by atoms with van der Waals surface area (Å²) in [7, 11) is 0. The summed E-state index contributed by atoms with van der Waals surface area (Å²) in [5, 5.41) is 0. The molecule has 2 aromatic rings. The molecule has 0 spiro atoms. The Morgan fingerprint density at radius 1 is 1.14 bits per heavy atom. The molecule has 0 saturated carbocycles. The third-order valence-electron chi connectivity index (χ3n) is 5.51. The second kappa shape index (κ2) is 10.6. The van der Waals surface area contributed by atoms with Gasteiger partial charge in [0.2, 0.25) is 11.8 Å². The van der Waals surface area contributed by atoms with E-state index in [1.165, 1.54) is 0 Å². The first kappa shape index (κ1) is 23.1. The van der Waals surface area contributed by atoms with Crippen molar-refractivity contribution in [3.8, 4) is 0 Å². The molecule has 0 bridgehead atoms. The number of halogens is 1. The van der Waals surface area contributed by atoms with Crippen LogP contribution < -0.4 is 5.73 Å². The van der Waals surface area contributed by atoms with E-state index in [4.69, 9.17) is 5.73 Å². The topological polar surface area (TPSA) is 63.4 Å². The molecule has 2 unspecified atom stereocenters. The first-order valence-corrected chi connectivity index (χ1v) is 10.8. The van der Waals surface area contributed by atoms with E-state index in [1.54, 1.807) is 0 Å². The summed E-state index contributed by atoms with van der Waals surface area (Å²) in [5.41, 5.74) is 6.03. The highest BCUT2D eigenvalue weighted by atomic mass is 79.9. The van der Waals surface area contributed by atoms with Crippen LogP contribution in [-0.4, -0.2) is 23.3 Å². The van der Waals surface area contributed by atoms with Gasteiger partial charge < -0.3 is 10.6 Å². The molecule has 5 heteroatoms. The van der Waals surface area contributed by atoms with Crippen molar-refractivity contribution >= 4 is 27.7 Å². The van der Waals surface area contributed by atoms with E-state index in [0.29, 0.717) is 12.8 Å². The number of nitrogens with zero attached hydrogens (tertiary/aromatic N) is 1. The average Bonchev–Trinajstić information content (AvgIpc) is 2.69. The zero-order chi connectivity index (χ0) is 21.4. The quantitative estimate of drug-likeness (QED) is 0.656. The zero-order valence-electron chi connectivity index (χ0n) is 17.5. The van der Waals surface area contributed by atoms with Crippen LogP contribution in [0.1, 0.15) is 51.6 Å². The fourth-order valence-corrected chi connectivity index (χ4v) is 3.89. The van der Waals surface area contributed by atoms with Gasteiger partial charge in [0.1, 0.15) is 0 Å². The number of carbonyl (C=O) groups excluding carboxylic acids is 2. The number of carbonyl (C=O) groups is 2. The fourth-order valence-electron chi connectivity index (χ4n) is 3.62. The molecule has 1 fully saturated rings. The summed E-state index contributed by atoms with van der Waals surface area (Å²) in [4.78, 5) is 26.0. The minimum absolute atomic E-state index is 0.0701. The van der Waals surface area contributed by atoms with Crippen molar-refractivity contribution in [2.45, 2.75) is 46.1 Å². The van der Waals surface area contributed by atoms with Crippen molar-refractivity contribution in [1.82, 2.24) is 4.90 Å². The van der Waals surface area contributed by atoms with E-state index in [9.17, 15) is 9.59 Å². The lowest BCUT2D eigenvalue weighted by Crippen LogP contribution is -2.42. The highest BCUT2D eigenvalue weighted by Crippen LogP contribution is 2.34. The van der Waals surface area contributed by atoms with Crippen LogP contribution in [0.25, 0.3) is 0 Å². The Bertz CT molecular complexity index is 764. The van der Waals surface area contributed by atoms with Crippen molar-refractivity contribution in [3.05, 3.63) is 70.7 Å². The lowest BCUT2D eigenvalue weighted by molar-refractivity contribution is -0.139. The van der Waals surface area contributed by atoms with Crippen LogP contribution in [0.2, 0.25) is 0 Å². The smallest absolute Gasteiger partial charge is 0.223 e. The Labute approximate surface area is 182 Å². The number of amides is 2. The summed E-state index contributed by atoms with van der Waals surface area (Å²) in [6.45, 7) is 6.51. The van der Waals surface area contributed by atoms with Gasteiger partial charge in [0, 0.05) is 22.9 Å². The Kier molecular flexibility index (Phi) is 8.45. The van der Waals surface area contributed by atoms with Crippen molar-refractivity contribution in [2.24, 2.45) is 17.1 Å². The average molecular weight is 459 g/mol. The number of primary amides is 1. The molecule has 4 nitrogen and oxygen atoms in total. The van der Waals surface area contributed by atoms with Gasteiger partial charge in [-0.2, -0.15) is 0 Å². The molecule has 1 aliphatic heterocycles. The molecule has 29 heavy (non-hydrogen) atoms. The summed E-state index contributed by atoms with van der Waals surface area (Å²) >= 11 is 3.43. The summed E-state index contributed by atoms with van der Waals surface area (Å²) in [6.07, 6.45) is 2.09. The molecule has 1 saturated heterocycles. The Morgan fingerprint density at radius 2 is 1.66 bits per heavy atom. The number of piperidine rings is 1. The standard InChI is InChI=1S/C18H25BrN2O2.C6H6/c1-12(14-4-6-15(19)7-5-14)21-9-8-13(10-16(21)22)11-18(2,3)17(20)23;1-2-4-6-5-3-1/h4-7,12-13H,8-11H2,1-3H3,(H2,20,23);1-6H. The summed E-state index contributed by atoms with van der Waals surface area (Å²) in [5.74, 6) is 0.103. The van der Waals surface area contributed by atoms with Gasteiger partial charge in [-0.1, -0.05) is 78.3 Å². The predicted octanol–water partition coefficient (Wildman–Crippen LogP) is 5.34. The third-order valence-corrected chi connectivity index (χ3v) is 6.04. The van der Waals surface area contributed by atoms with Gasteiger partial charge in [-0.25, -0.2) is 0 Å². The maximum absolute atomic E-state index is 12.5. The maximum Gasteiger partial charge on any atom is 0.223 e. The second-order valence-corrected chi connectivity index (χ2v) is 9.20. The first-order valence-electron chi connectivity index (χ1n) is 10.1. The van der Waals surface area contributed by atoms with E-state index in [0.717, 1.165) is 23.0 Å². The summed E-state index contributed by atoms with van der Waals surface area (Å²) in [6, 6.07) is 20.2. The third kappa shape index (κ3) is 7.00. The molecule has 0 radical (unpaired) electrons. The van der Waals surface area contributed by atoms with E-state index >= 15 is 0 Å². The largest absolute Gasteiger partial charge is 0.369 e. The number of hydrogen-bond acceptors (Lipinski definition) is 2. The highest BCUT2D eigenvalue weighted by Gasteiger charge is 2.35. The van der Waals surface area contributed by atoms with Crippen LogP contribution in [0.5, 0.6) is 0 Å². The van der Waals surface area contributed by atoms with Crippen LogP contribution in [-0.2, 0) is 9.59 Å². The number of nitrogens with two attached hydrogens (primary N) is 1. The molecule has 2 N–H and O–H groups in total. The summed E-state index contributed by atoms with van der Waals surface area (Å²) < 4.78 is 1.03. The molecule has 156 valence electrons. The molecular weight excluding hydrogens is 428 g/mol. The maximum atomic E-state index is 12.5. The molecule has 0 aromatic heterocycles. The van der Waals surface area contributed by atoms with E-state index < -0.39 is 5.41 Å². The lowest BCUT2D eigenvalue weighted by atomic mass is 9.78.